The van der Waals surface area contributed by atoms with Gasteiger partial charge in [-0.25, -0.2) is 13.4 Å². The second kappa shape index (κ2) is 6.93. The fourth-order valence-electron chi connectivity index (χ4n) is 3.89. The predicted molar refractivity (Wildman–Crippen MR) is 107 cm³/mol. The molecule has 7 heteroatoms. The highest BCUT2D eigenvalue weighted by atomic mass is 35.5. The van der Waals surface area contributed by atoms with Crippen molar-refractivity contribution in [2.75, 3.05) is 6.54 Å². The molecule has 142 valence electrons. The standard InChI is InChI=1S/C20H22ClN3O2S/c1-14-10-11-15(21)13-19(14)27(25,26)24-12-6-5-9-18(24)20-22-16-7-3-4-8-17(16)23(20)2/h3-4,7-8,10-11,13,18H,5-6,9,12H2,1-2H3/t18-/m1/s1. The second-order valence-corrected chi connectivity index (χ2v) is 9.35. The van der Waals surface area contributed by atoms with Crippen LogP contribution in [0.3, 0.4) is 0 Å². The van der Waals surface area contributed by atoms with Crippen molar-refractivity contribution in [1.82, 2.24) is 13.9 Å². The molecule has 0 N–H and O–H groups in total. The molecular weight excluding hydrogens is 382 g/mol. The van der Waals surface area contributed by atoms with E-state index in [9.17, 15) is 8.42 Å². The Bertz CT molecular complexity index is 1110. The van der Waals surface area contributed by atoms with E-state index in [1.165, 1.54) is 0 Å². The van der Waals surface area contributed by atoms with Crippen LogP contribution in [0.2, 0.25) is 5.02 Å². The molecule has 0 saturated carbocycles. The summed E-state index contributed by atoms with van der Waals surface area (Å²) in [5.74, 6) is 0.791. The van der Waals surface area contributed by atoms with E-state index in [0.717, 1.165) is 36.1 Å². The molecule has 4 rings (SSSR count). The average Bonchev–Trinajstić information content (AvgIpc) is 3.00. The normalized spacial score (nSPS) is 18.9. The summed E-state index contributed by atoms with van der Waals surface area (Å²) in [7, 11) is -1.72. The van der Waals surface area contributed by atoms with Crippen LogP contribution < -0.4 is 0 Å². The molecule has 0 amide bonds. The summed E-state index contributed by atoms with van der Waals surface area (Å²) in [5, 5.41) is 0.426. The number of rotatable bonds is 3. The highest BCUT2D eigenvalue weighted by Gasteiger charge is 2.37. The average molecular weight is 404 g/mol. The lowest BCUT2D eigenvalue weighted by molar-refractivity contribution is 0.243. The van der Waals surface area contributed by atoms with Crippen LogP contribution in [0.4, 0.5) is 0 Å². The van der Waals surface area contributed by atoms with Gasteiger partial charge >= 0.3 is 0 Å². The van der Waals surface area contributed by atoms with Crippen LogP contribution in [0.5, 0.6) is 0 Å². The van der Waals surface area contributed by atoms with Gasteiger partial charge in [-0.05, 0) is 49.6 Å². The van der Waals surface area contributed by atoms with Gasteiger partial charge in [0.2, 0.25) is 10.0 Å². The van der Waals surface area contributed by atoms with Crippen LogP contribution in [0.15, 0.2) is 47.4 Å². The molecule has 0 aliphatic carbocycles. The van der Waals surface area contributed by atoms with Crippen LogP contribution in [0.1, 0.15) is 36.7 Å². The molecule has 1 aliphatic heterocycles. The Labute approximate surface area is 164 Å². The molecule has 0 spiro atoms. The summed E-state index contributed by atoms with van der Waals surface area (Å²) in [6, 6.07) is 12.6. The third kappa shape index (κ3) is 3.16. The smallest absolute Gasteiger partial charge is 0.244 e. The van der Waals surface area contributed by atoms with Gasteiger partial charge in [-0.2, -0.15) is 4.31 Å². The van der Waals surface area contributed by atoms with Crippen molar-refractivity contribution in [3.8, 4) is 0 Å². The van der Waals surface area contributed by atoms with Crippen LogP contribution in [0, 0.1) is 6.92 Å². The maximum atomic E-state index is 13.5. The molecule has 1 atom stereocenters. The zero-order chi connectivity index (χ0) is 19.2. The van der Waals surface area contributed by atoms with Crippen molar-refractivity contribution in [2.24, 2.45) is 7.05 Å². The van der Waals surface area contributed by atoms with Gasteiger partial charge in [-0.15, -0.1) is 0 Å². The largest absolute Gasteiger partial charge is 0.330 e. The molecule has 0 bridgehead atoms. The summed E-state index contributed by atoms with van der Waals surface area (Å²) < 4.78 is 30.6. The monoisotopic (exact) mass is 403 g/mol. The number of para-hydroxylation sites is 2. The zero-order valence-electron chi connectivity index (χ0n) is 15.4. The molecule has 5 nitrogen and oxygen atoms in total. The lowest BCUT2D eigenvalue weighted by Gasteiger charge is -2.34. The maximum Gasteiger partial charge on any atom is 0.244 e. The number of sulfonamides is 1. The summed E-state index contributed by atoms with van der Waals surface area (Å²) in [6.07, 6.45) is 2.59. The van der Waals surface area contributed by atoms with Crippen molar-refractivity contribution in [1.29, 1.82) is 0 Å². The fourth-order valence-corrected chi connectivity index (χ4v) is 6.04. The number of benzene rings is 2. The van der Waals surface area contributed by atoms with Gasteiger partial charge in [0.25, 0.3) is 0 Å². The Kier molecular flexibility index (Phi) is 4.74. The lowest BCUT2D eigenvalue weighted by atomic mass is 10.0. The van der Waals surface area contributed by atoms with Crippen molar-refractivity contribution >= 4 is 32.7 Å². The first-order valence-corrected chi connectivity index (χ1v) is 10.9. The minimum atomic E-state index is -3.67. The first-order valence-electron chi connectivity index (χ1n) is 9.09. The highest BCUT2D eigenvalue weighted by molar-refractivity contribution is 7.89. The van der Waals surface area contributed by atoms with Gasteiger partial charge in [-0.1, -0.05) is 36.2 Å². The van der Waals surface area contributed by atoms with E-state index >= 15 is 0 Å². The van der Waals surface area contributed by atoms with E-state index in [0.29, 0.717) is 17.1 Å². The summed E-state index contributed by atoms with van der Waals surface area (Å²) in [4.78, 5) is 5.04. The van der Waals surface area contributed by atoms with Crippen LogP contribution >= 0.6 is 11.6 Å². The molecular formula is C20H22ClN3O2S. The van der Waals surface area contributed by atoms with E-state index in [4.69, 9.17) is 16.6 Å². The van der Waals surface area contributed by atoms with Gasteiger partial charge in [0.05, 0.1) is 22.0 Å². The minimum Gasteiger partial charge on any atom is -0.330 e. The van der Waals surface area contributed by atoms with E-state index in [1.54, 1.807) is 29.4 Å². The van der Waals surface area contributed by atoms with E-state index < -0.39 is 10.0 Å². The van der Waals surface area contributed by atoms with Crippen molar-refractivity contribution < 1.29 is 8.42 Å². The Balaban J connectivity index is 1.83. The van der Waals surface area contributed by atoms with Gasteiger partial charge < -0.3 is 4.57 Å². The lowest BCUT2D eigenvalue weighted by Crippen LogP contribution is -2.39. The third-order valence-electron chi connectivity index (χ3n) is 5.31. The summed E-state index contributed by atoms with van der Waals surface area (Å²) >= 11 is 6.09. The Hall–Kier alpha value is -1.89. The van der Waals surface area contributed by atoms with E-state index in [1.807, 2.05) is 35.9 Å². The number of hydrogen-bond donors (Lipinski definition) is 0. The number of piperidine rings is 1. The first kappa shape index (κ1) is 18.5. The maximum absolute atomic E-state index is 13.5. The molecule has 2 aromatic carbocycles. The minimum absolute atomic E-state index is 0.278. The fraction of sp³-hybridized carbons (Fsp3) is 0.350. The van der Waals surface area contributed by atoms with Crippen LogP contribution in [-0.4, -0.2) is 28.8 Å². The number of fused-ring (bicyclic) bond motifs is 1. The number of nitrogens with zero attached hydrogens (tertiary/aromatic N) is 3. The Morgan fingerprint density at radius 1 is 1.15 bits per heavy atom. The van der Waals surface area contributed by atoms with Gasteiger partial charge in [0, 0.05) is 18.6 Å². The molecule has 1 saturated heterocycles. The second-order valence-electron chi connectivity index (χ2n) is 7.05. The van der Waals surface area contributed by atoms with E-state index in [-0.39, 0.29) is 10.9 Å². The zero-order valence-corrected chi connectivity index (χ0v) is 17.0. The van der Waals surface area contributed by atoms with Gasteiger partial charge in [0.1, 0.15) is 5.82 Å². The summed E-state index contributed by atoms with van der Waals surface area (Å²) in [5.41, 5.74) is 2.60. The Morgan fingerprint density at radius 2 is 1.93 bits per heavy atom. The van der Waals surface area contributed by atoms with Crippen molar-refractivity contribution in [3.05, 3.63) is 58.9 Å². The topological polar surface area (TPSA) is 55.2 Å². The Morgan fingerprint density at radius 3 is 2.70 bits per heavy atom. The molecule has 1 fully saturated rings. The number of aromatic nitrogens is 2. The van der Waals surface area contributed by atoms with Gasteiger partial charge in [0.15, 0.2) is 0 Å². The first-order chi connectivity index (χ1) is 12.9. The number of hydrogen-bond acceptors (Lipinski definition) is 3. The molecule has 3 aromatic rings. The third-order valence-corrected chi connectivity index (χ3v) is 7.60. The number of imidazole rings is 1. The SMILES string of the molecule is Cc1ccc(Cl)cc1S(=O)(=O)N1CCCC[C@@H]1c1nc2ccccc2n1C. The van der Waals surface area contributed by atoms with Crippen molar-refractivity contribution in [2.45, 2.75) is 37.1 Å². The molecule has 27 heavy (non-hydrogen) atoms. The number of aryl methyl sites for hydroxylation is 2. The molecule has 1 aliphatic rings. The van der Waals surface area contributed by atoms with Gasteiger partial charge in [-0.3, -0.25) is 0 Å². The molecule has 2 heterocycles. The van der Waals surface area contributed by atoms with Crippen LogP contribution in [0.25, 0.3) is 11.0 Å². The molecule has 0 unspecified atom stereocenters. The molecule has 0 radical (unpaired) electrons. The van der Waals surface area contributed by atoms with E-state index in [2.05, 4.69) is 0 Å². The van der Waals surface area contributed by atoms with Crippen molar-refractivity contribution in [3.63, 3.8) is 0 Å². The quantitative estimate of drug-likeness (QED) is 0.649. The summed E-state index contributed by atoms with van der Waals surface area (Å²) in [6.45, 7) is 2.29. The van der Waals surface area contributed by atoms with Crippen LogP contribution in [-0.2, 0) is 17.1 Å². The molecule has 1 aromatic heterocycles. The highest BCUT2D eigenvalue weighted by Crippen LogP contribution is 2.37. The predicted octanol–water partition coefficient (Wildman–Crippen LogP) is 4.45. The number of halogens is 1.